The second kappa shape index (κ2) is 6.71. The lowest BCUT2D eigenvalue weighted by atomic mass is 10.1. The molecule has 0 saturated heterocycles. The van der Waals surface area contributed by atoms with Gasteiger partial charge in [0, 0.05) is 37.8 Å². The first-order valence-electron chi connectivity index (χ1n) is 7.62. The zero-order valence-electron chi connectivity index (χ0n) is 13.5. The number of anilines is 1. The summed E-state index contributed by atoms with van der Waals surface area (Å²) in [6.07, 6.45) is 0.807. The average Bonchev–Trinajstić information content (AvgIpc) is 3.05. The smallest absolute Gasteiger partial charge is 0.276 e. The van der Waals surface area contributed by atoms with Crippen molar-refractivity contribution in [3.05, 3.63) is 40.7 Å². The van der Waals surface area contributed by atoms with Crippen LogP contribution in [-0.4, -0.2) is 42.7 Å². The number of amides is 2. The van der Waals surface area contributed by atoms with Crippen LogP contribution < -0.4 is 20.7 Å². The maximum Gasteiger partial charge on any atom is 0.276 e. The number of H-pyrrole nitrogens is 1. The molecule has 126 valence electrons. The number of nitrogens with zero attached hydrogens (tertiary/aromatic N) is 1. The predicted molar refractivity (Wildman–Crippen MR) is 88.3 cm³/mol. The maximum absolute atomic E-state index is 12.6. The van der Waals surface area contributed by atoms with Crippen LogP contribution in [0.2, 0.25) is 0 Å². The van der Waals surface area contributed by atoms with Crippen molar-refractivity contribution in [2.24, 2.45) is 0 Å². The van der Waals surface area contributed by atoms with Gasteiger partial charge in [-0.25, -0.2) is 0 Å². The second-order valence-electron chi connectivity index (χ2n) is 5.40. The van der Waals surface area contributed by atoms with Crippen molar-refractivity contribution in [1.29, 1.82) is 0 Å². The molecule has 8 nitrogen and oxygen atoms in total. The van der Waals surface area contributed by atoms with Gasteiger partial charge in [-0.2, -0.15) is 5.10 Å². The molecule has 2 amide bonds. The van der Waals surface area contributed by atoms with Gasteiger partial charge in [0.2, 0.25) is 0 Å². The molecule has 0 saturated carbocycles. The minimum absolute atomic E-state index is 0.310. The molecule has 0 fully saturated rings. The van der Waals surface area contributed by atoms with Crippen molar-refractivity contribution in [2.75, 3.05) is 26.0 Å². The van der Waals surface area contributed by atoms with Crippen molar-refractivity contribution in [2.45, 2.75) is 13.0 Å². The summed E-state index contributed by atoms with van der Waals surface area (Å²) >= 11 is 0. The van der Waals surface area contributed by atoms with Crippen LogP contribution in [0.4, 0.5) is 5.69 Å². The van der Waals surface area contributed by atoms with E-state index in [0.29, 0.717) is 29.2 Å². The van der Waals surface area contributed by atoms with Gasteiger partial charge in [-0.1, -0.05) is 0 Å². The van der Waals surface area contributed by atoms with Gasteiger partial charge in [-0.3, -0.25) is 14.7 Å². The van der Waals surface area contributed by atoms with Crippen LogP contribution in [0.5, 0.6) is 5.75 Å². The van der Waals surface area contributed by atoms with Crippen LogP contribution in [0.3, 0.4) is 0 Å². The van der Waals surface area contributed by atoms with Crippen molar-refractivity contribution in [3.63, 3.8) is 0 Å². The van der Waals surface area contributed by atoms with Gasteiger partial charge >= 0.3 is 0 Å². The number of benzene rings is 1. The second-order valence-corrected chi connectivity index (χ2v) is 5.40. The first-order chi connectivity index (χ1) is 11.6. The summed E-state index contributed by atoms with van der Waals surface area (Å²) in [6, 6.07) is 4.90. The lowest BCUT2D eigenvalue weighted by molar-refractivity contribution is 0.0963. The number of ether oxygens (including phenoxy) is 1. The number of carbonyl (C=O) groups is 2. The summed E-state index contributed by atoms with van der Waals surface area (Å²) in [7, 11) is 3.05. The molecule has 1 aliphatic heterocycles. The van der Waals surface area contributed by atoms with Crippen LogP contribution in [0.25, 0.3) is 0 Å². The molecule has 0 bridgehead atoms. The topological polar surface area (TPSA) is 108 Å². The molecule has 0 unspecified atom stereocenters. The fourth-order valence-electron chi connectivity index (χ4n) is 2.68. The number of rotatable bonds is 4. The number of aromatic nitrogens is 2. The summed E-state index contributed by atoms with van der Waals surface area (Å²) in [5.74, 6) is -0.130. The maximum atomic E-state index is 12.6. The number of fused-ring (bicyclic) bond motifs is 1. The Kier molecular flexibility index (Phi) is 4.48. The molecular weight excluding hydrogens is 310 g/mol. The highest BCUT2D eigenvalue weighted by atomic mass is 16.5. The lowest BCUT2D eigenvalue weighted by Gasteiger charge is -2.14. The van der Waals surface area contributed by atoms with Crippen molar-refractivity contribution >= 4 is 17.5 Å². The van der Waals surface area contributed by atoms with E-state index in [1.54, 1.807) is 18.2 Å². The van der Waals surface area contributed by atoms with Gasteiger partial charge in [-0.05, 0) is 18.2 Å². The minimum atomic E-state index is -0.355. The van der Waals surface area contributed by atoms with Crippen LogP contribution in [-0.2, 0) is 13.0 Å². The van der Waals surface area contributed by atoms with E-state index in [9.17, 15) is 9.59 Å². The molecule has 2 heterocycles. The Morgan fingerprint density at radius 2 is 2.12 bits per heavy atom. The average molecular weight is 329 g/mol. The van der Waals surface area contributed by atoms with Crippen LogP contribution >= 0.6 is 0 Å². The molecule has 2 aromatic rings. The third-order valence-corrected chi connectivity index (χ3v) is 3.97. The monoisotopic (exact) mass is 329 g/mol. The first kappa shape index (κ1) is 16.0. The first-order valence-corrected chi connectivity index (χ1v) is 7.62. The molecule has 4 N–H and O–H groups in total. The standard InChI is InChI=1S/C16H19N5O3/c1-17-15(22)10-7-9(24-2)3-4-12(10)19-16(23)14-11-8-18-6-5-13(11)20-21-14/h3-4,7,18H,5-6,8H2,1-2H3,(H,17,22)(H,19,23)(H,20,21). The molecule has 1 aromatic heterocycles. The van der Waals surface area contributed by atoms with E-state index in [0.717, 1.165) is 24.2 Å². The third-order valence-electron chi connectivity index (χ3n) is 3.97. The van der Waals surface area contributed by atoms with Crippen LogP contribution in [0, 0.1) is 0 Å². The van der Waals surface area contributed by atoms with Gasteiger partial charge in [0.05, 0.1) is 18.4 Å². The Labute approximate surface area is 139 Å². The minimum Gasteiger partial charge on any atom is -0.497 e. The fourth-order valence-corrected chi connectivity index (χ4v) is 2.68. The van der Waals surface area contributed by atoms with Crippen LogP contribution in [0.15, 0.2) is 18.2 Å². The predicted octanol–water partition coefficient (Wildman–Crippen LogP) is 0.676. The van der Waals surface area contributed by atoms with E-state index in [2.05, 4.69) is 26.1 Å². The highest BCUT2D eigenvalue weighted by Gasteiger charge is 2.23. The summed E-state index contributed by atoms with van der Waals surface area (Å²) < 4.78 is 5.14. The number of nitrogens with one attached hydrogen (secondary N) is 4. The highest BCUT2D eigenvalue weighted by Crippen LogP contribution is 2.23. The van der Waals surface area contributed by atoms with Crippen molar-refractivity contribution < 1.29 is 14.3 Å². The zero-order valence-corrected chi connectivity index (χ0v) is 13.5. The van der Waals surface area contributed by atoms with Gasteiger partial charge < -0.3 is 20.7 Å². The Hall–Kier alpha value is -2.87. The normalized spacial score (nSPS) is 13.1. The molecule has 0 aliphatic carbocycles. The molecule has 0 spiro atoms. The van der Waals surface area contributed by atoms with E-state index >= 15 is 0 Å². The number of methoxy groups -OCH3 is 1. The summed E-state index contributed by atoms with van der Waals surface area (Å²) in [4.78, 5) is 24.6. The van der Waals surface area contributed by atoms with Gasteiger partial charge in [0.15, 0.2) is 5.69 Å². The number of hydrogen-bond donors (Lipinski definition) is 4. The number of carbonyl (C=O) groups excluding carboxylic acids is 2. The molecule has 24 heavy (non-hydrogen) atoms. The lowest BCUT2D eigenvalue weighted by Crippen LogP contribution is -2.26. The quantitative estimate of drug-likeness (QED) is 0.659. The molecular formula is C16H19N5O3. The van der Waals surface area contributed by atoms with E-state index < -0.39 is 0 Å². The largest absolute Gasteiger partial charge is 0.497 e. The Bertz CT molecular complexity index is 784. The fraction of sp³-hybridized carbons (Fsp3) is 0.312. The Morgan fingerprint density at radius 1 is 1.29 bits per heavy atom. The Morgan fingerprint density at radius 3 is 2.88 bits per heavy atom. The van der Waals surface area contributed by atoms with E-state index in [-0.39, 0.29) is 11.8 Å². The molecule has 1 aromatic carbocycles. The summed E-state index contributed by atoms with van der Waals surface area (Å²) in [5, 5.41) is 15.6. The molecule has 1 aliphatic rings. The van der Waals surface area contributed by atoms with E-state index in [1.165, 1.54) is 14.2 Å². The number of aromatic amines is 1. The summed E-state index contributed by atoms with van der Waals surface area (Å²) in [5.41, 5.74) is 2.91. The number of hydrogen-bond acceptors (Lipinski definition) is 5. The van der Waals surface area contributed by atoms with Gasteiger partial charge in [0.1, 0.15) is 5.75 Å². The molecule has 3 rings (SSSR count). The zero-order chi connectivity index (χ0) is 17.1. The van der Waals surface area contributed by atoms with Gasteiger partial charge in [0.25, 0.3) is 11.8 Å². The SMILES string of the molecule is CNC(=O)c1cc(OC)ccc1NC(=O)c1n[nH]c2c1CNCC2. The highest BCUT2D eigenvalue weighted by molar-refractivity contribution is 6.09. The molecule has 0 atom stereocenters. The molecule has 0 radical (unpaired) electrons. The third kappa shape index (κ3) is 2.95. The van der Waals surface area contributed by atoms with Gasteiger partial charge in [-0.15, -0.1) is 0 Å². The Balaban J connectivity index is 1.89. The summed E-state index contributed by atoms with van der Waals surface area (Å²) in [6.45, 7) is 1.45. The van der Waals surface area contributed by atoms with Crippen molar-refractivity contribution in [3.8, 4) is 5.75 Å². The van der Waals surface area contributed by atoms with Crippen LogP contribution in [0.1, 0.15) is 32.1 Å². The molecule has 8 heteroatoms. The van der Waals surface area contributed by atoms with E-state index in [4.69, 9.17) is 4.74 Å². The van der Waals surface area contributed by atoms with Crippen molar-refractivity contribution in [1.82, 2.24) is 20.8 Å². The van der Waals surface area contributed by atoms with E-state index in [1.807, 2.05) is 0 Å².